The fraction of sp³-hybridized carbons (Fsp3) is 0.609. The Labute approximate surface area is 193 Å². The van der Waals surface area contributed by atoms with Crippen LogP contribution in [0, 0.1) is 5.41 Å². The number of piperidine rings is 2. The van der Waals surface area contributed by atoms with Crippen molar-refractivity contribution < 1.29 is 17.4 Å². The lowest BCUT2D eigenvalue weighted by molar-refractivity contribution is -0.159. The number of nitrogens with one attached hydrogen (secondary N) is 1. The SMILES string of the molecule is CC(CC(=O)N1C2CC3(C)CC1CC(N)(C2)C3)c1c[nH]c2ccc(OS(C)(=O)=O)c(Cl)c12. The van der Waals surface area contributed by atoms with Crippen molar-refractivity contribution >= 4 is 38.5 Å². The van der Waals surface area contributed by atoms with Crippen LogP contribution in [-0.2, 0) is 14.9 Å². The zero-order valence-corrected chi connectivity index (χ0v) is 20.2. The Balaban J connectivity index is 1.39. The summed E-state index contributed by atoms with van der Waals surface area (Å²) in [5.74, 6) is 0.154. The predicted octanol–water partition coefficient (Wildman–Crippen LogP) is 3.91. The standard InChI is InChI=1S/C23H30ClN3O4S/c1-13(16-11-26-17-4-5-18(21(24)20(16)17)31-32(3,29)30)6-19(28)27-14-7-22(2)8-15(27)10-23(25,9-14)12-22/h4-5,11,13-15,26H,6-10,12,25H2,1-3H3. The van der Waals surface area contributed by atoms with Crippen molar-refractivity contribution in [3.8, 4) is 5.75 Å². The molecule has 0 radical (unpaired) electrons. The molecule has 3 N–H and O–H groups in total. The van der Waals surface area contributed by atoms with Crippen molar-refractivity contribution in [1.82, 2.24) is 9.88 Å². The van der Waals surface area contributed by atoms with Crippen LogP contribution in [0.5, 0.6) is 5.75 Å². The van der Waals surface area contributed by atoms with Crippen molar-refractivity contribution in [2.24, 2.45) is 11.1 Å². The molecule has 3 unspecified atom stereocenters. The number of amides is 1. The Morgan fingerprint density at radius 3 is 2.56 bits per heavy atom. The molecular formula is C23H30ClN3O4S. The number of H-pyrrole nitrogens is 1. The summed E-state index contributed by atoms with van der Waals surface area (Å²) in [7, 11) is -3.70. The van der Waals surface area contributed by atoms with E-state index in [0.717, 1.165) is 49.4 Å². The van der Waals surface area contributed by atoms with Gasteiger partial charge in [0, 0.05) is 41.1 Å². The Morgan fingerprint density at radius 1 is 1.31 bits per heavy atom. The molecule has 2 aliphatic carbocycles. The van der Waals surface area contributed by atoms with E-state index in [4.69, 9.17) is 21.5 Å². The van der Waals surface area contributed by atoms with E-state index in [9.17, 15) is 13.2 Å². The Kier molecular flexibility index (Phi) is 4.90. The maximum atomic E-state index is 13.5. The summed E-state index contributed by atoms with van der Waals surface area (Å²) in [5.41, 5.74) is 8.46. The van der Waals surface area contributed by atoms with Gasteiger partial charge in [0.2, 0.25) is 5.91 Å². The Hall–Kier alpha value is -1.77. The van der Waals surface area contributed by atoms with Gasteiger partial charge in [-0.25, -0.2) is 0 Å². The molecule has 2 saturated carbocycles. The highest BCUT2D eigenvalue weighted by Gasteiger charge is 2.58. The highest BCUT2D eigenvalue weighted by atomic mass is 35.5. The summed E-state index contributed by atoms with van der Waals surface area (Å²) < 4.78 is 28.2. The van der Waals surface area contributed by atoms with Crippen LogP contribution in [-0.4, -0.2) is 48.1 Å². The molecule has 3 atom stereocenters. The molecule has 2 aliphatic heterocycles. The van der Waals surface area contributed by atoms with E-state index in [2.05, 4.69) is 16.8 Å². The lowest BCUT2D eigenvalue weighted by Gasteiger charge is -2.64. The molecule has 4 fully saturated rings. The van der Waals surface area contributed by atoms with E-state index in [1.54, 1.807) is 6.07 Å². The number of halogens is 1. The van der Waals surface area contributed by atoms with Crippen LogP contribution in [0.1, 0.15) is 63.9 Å². The fourth-order valence-corrected chi connectivity index (χ4v) is 7.73. The third kappa shape index (κ3) is 3.70. The van der Waals surface area contributed by atoms with Gasteiger partial charge in [0.05, 0.1) is 11.3 Å². The maximum absolute atomic E-state index is 13.5. The number of hydrogen-bond acceptors (Lipinski definition) is 5. The zero-order valence-electron chi connectivity index (χ0n) is 18.7. The van der Waals surface area contributed by atoms with Crippen LogP contribution >= 0.6 is 11.6 Å². The van der Waals surface area contributed by atoms with Gasteiger partial charge in [0.1, 0.15) is 0 Å². The highest BCUT2D eigenvalue weighted by molar-refractivity contribution is 7.86. The molecule has 2 saturated heterocycles. The first-order valence-electron chi connectivity index (χ1n) is 11.2. The van der Waals surface area contributed by atoms with Crippen molar-refractivity contribution in [2.75, 3.05) is 6.26 Å². The van der Waals surface area contributed by atoms with Crippen LogP contribution < -0.4 is 9.92 Å². The first-order chi connectivity index (χ1) is 14.9. The highest BCUT2D eigenvalue weighted by Crippen LogP contribution is 2.57. The van der Waals surface area contributed by atoms with E-state index in [1.165, 1.54) is 6.07 Å². The molecule has 1 aromatic carbocycles. The summed E-state index contributed by atoms with van der Waals surface area (Å²) in [4.78, 5) is 18.8. The number of aromatic amines is 1. The molecule has 32 heavy (non-hydrogen) atoms. The summed E-state index contributed by atoms with van der Waals surface area (Å²) in [6.07, 6.45) is 8.12. The van der Waals surface area contributed by atoms with Crippen molar-refractivity contribution in [2.45, 2.75) is 75.9 Å². The van der Waals surface area contributed by atoms with Gasteiger partial charge in [-0.2, -0.15) is 8.42 Å². The number of nitrogens with zero attached hydrogens (tertiary/aromatic N) is 1. The minimum atomic E-state index is -3.70. The minimum absolute atomic E-state index is 0.0901. The summed E-state index contributed by atoms with van der Waals surface area (Å²) in [5, 5.41) is 0.929. The van der Waals surface area contributed by atoms with Crippen LogP contribution in [0.2, 0.25) is 5.02 Å². The van der Waals surface area contributed by atoms with Crippen LogP contribution in [0.4, 0.5) is 0 Å². The second-order valence-electron chi connectivity index (χ2n) is 10.7. The number of carbonyl (C=O) groups is 1. The molecule has 0 spiro atoms. The monoisotopic (exact) mass is 479 g/mol. The maximum Gasteiger partial charge on any atom is 0.306 e. The van der Waals surface area contributed by atoms with Crippen molar-refractivity contribution in [1.29, 1.82) is 0 Å². The van der Waals surface area contributed by atoms with Gasteiger partial charge >= 0.3 is 10.1 Å². The molecule has 7 nitrogen and oxygen atoms in total. The number of nitrogens with two attached hydrogens (primary N) is 1. The molecular weight excluding hydrogens is 450 g/mol. The fourth-order valence-electron chi connectivity index (χ4n) is 6.91. The lowest BCUT2D eigenvalue weighted by atomic mass is 9.53. The van der Waals surface area contributed by atoms with Gasteiger partial charge in [-0.1, -0.05) is 25.4 Å². The van der Waals surface area contributed by atoms with Crippen LogP contribution in [0.25, 0.3) is 10.9 Å². The number of aromatic nitrogens is 1. The van der Waals surface area contributed by atoms with Gasteiger partial charge in [0.25, 0.3) is 0 Å². The van der Waals surface area contributed by atoms with Gasteiger partial charge in [-0.15, -0.1) is 0 Å². The Bertz CT molecular complexity index is 1170. The quantitative estimate of drug-likeness (QED) is 0.632. The molecule has 1 aromatic heterocycles. The van der Waals surface area contributed by atoms with E-state index < -0.39 is 10.1 Å². The van der Waals surface area contributed by atoms with Gasteiger partial charge in [-0.05, 0) is 61.1 Å². The molecule has 4 aliphatic rings. The summed E-state index contributed by atoms with van der Waals surface area (Å²) >= 11 is 6.53. The third-order valence-corrected chi connectivity index (χ3v) is 8.48. The number of benzene rings is 1. The zero-order chi connectivity index (χ0) is 23.1. The van der Waals surface area contributed by atoms with Crippen LogP contribution in [0.15, 0.2) is 18.3 Å². The number of rotatable bonds is 5. The average Bonchev–Trinajstić information content (AvgIpc) is 3.05. The summed E-state index contributed by atoms with van der Waals surface area (Å²) in [6, 6.07) is 3.73. The van der Waals surface area contributed by atoms with E-state index >= 15 is 0 Å². The van der Waals surface area contributed by atoms with E-state index in [0.29, 0.717) is 11.8 Å². The molecule has 6 rings (SSSR count). The van der Waals surface area contributed by atoms with Crippen molar-refractivity contribution in [3.63, 3.8) is 0 Å². The topological polar surface area (TPSA) is 105 Å². The first-order valence-corrected chi connectivity index (χ1v) is 13.3. The molecule has 9 heteroatoms. The third-order valence-electron chi connectivity index (χ3n) is 7.63. The normalized spacial score (nSPS) is 32.5. The smallest absolute Gasteiger partial charge is 0.306 e. The number of carbonyl (C=O) groups excluding carboxylic acids is 1. The molecule has 2 aromatic rings. The van der Waals surface area contributed by atoms with Crippen LogP contribution in [0.3, 0.4) is 0 Å². The molecule has 3 heterocycles. The first kappa shape index (κ1) is 22.0. The van der Waals surface area contributed by atoms with E-state index in [1.807, 2.05) is 13.1 Å². The van der Waals surface area contributed by atoms with E-state index in [-0.39, 0.29) is 45.6 Å². The van der Waals surface area contributed by atoms with Crippen molar-refractivity contribution in [3.05, 3.63) is 28.9 Å². The Morgan fingerprint density at radius 2 is 1.97 bits per heavy atom. The molecule has 174 valence electrons. The van der Waals surface area contributed by atoms with Gasteiger partial charge < -0.3 is 19.8 Å². The number of fused-ring (bicyclic) bond motifs is 1. The summed E-state index contributed by atoms with van der Waals surface area (Å²) in [6.45, 7) is 4.32. The second-order valence-corrected chi connectivity index (χ2v) is 12.7. The number of hydrogen-bond donors (Lipinski definition) is 2. The largest absolute Gasteiger partial charge is 0.381 e. The predicted molar refractivity (Wildman–Crippen MR) is 124 cm³/mol. The van der Waals surface area contributed by atoms with Gasteiger partial charge in [0.15, 0.2) is 5.75 Å². The average molecular weight is 480 g/mol. The van der Waals surface area contributed by atoms with Gasteiger partial charge in [-0.3, -0.25) is 4.79 Å². The minimum Gasteiger partial charge on any atom is -0.381 e. The molecule has 4 bridgehead atoms. The lowest BCUT2D eigenvalue weighted by Crippen LogP contribution is -2.70. The molecule has 1 amide bonds. The second kappa shape index (κ2) is 7.11.